The summed E-state index contributed by atoms with van der Waals surface area (Å²) in [6, 6.07) is 10.5. The second kappa shape index (κ2) is 8.94. The van der Waals surface area contributed by atoms with Crippen molar-refractivity contribution >= 4 is 44.8 Å². The molecule has 1 N–H and O–H groups in total. The third-order valence-electron chi connectivity index (χ3n) is 5.12. The van der Waals surface area contributed by atoms with Crippen LogP contribution in [0.4, 0.5) is 5.69 Å². The number of anilines is 1. The van der Waals surface area contributed by atoms with E-state index in [-0.39, 0.29) is 23.3 Å². The molecule has 0 fully saturated rings. The molecule has 0 radical (unpaired) electrons. The fourth-order valence-electron chi connectivity index (χ4n) is 3.59. The van der Waals surface area contributed by atoms with Crippen molar-refractivity contribution in [3.05, 3.63) is 63.1 Å². The highest BCUT2D eigenvalue weighted by molar-refractivity contribution is 7.92. The number of hydrogen-bond donors (Lipinski definition) is 1. The largest absolute Gasteiger partial charge is 0.348 e. The third kappa shape index (κ3) is 5.44. The molecule has 3 rings (SSSR count). The van der Waals surface area contributed by atoms with Gasteiger partial charge in [-0.15, -0.1) is 0 Å². The molecule has 1 atom stereocenters. The van der Waals surface area contributed by atoms with Gasteiger partial charge in [-0.1, -0.05) is 41.4 Å². The smallest absolute Gasteiger partial charge is 0.241 e. The second-order valence-corrected chi connectivity index (χ2v) is 10.1. The van der Waals surface area contributed by atoms with Gasteiger partial charge in [-0.3, -0.25) is 9.10 Å². The monoisotopic (exact) mass is 454 g/mol. The van der Waals surface area contributed by atoms with Crippen LogP contribution in [0.3, 0.4) is 0 Å². The van der Waals surface area contributed by atoms with Gasteiger partial charge in [0, 0.05) is 5.02 Å². The summed E-state index contributed by atoms with van der Waals surface area (Å²) in [6.45, 7) is 1.53. The predicted octanol–water partition coefficient (Wildman–Crippen LogP) is 4.52. The Morgan fingerprint density at radius 2 is 1.79 bits per heavy atom. The number of benzene rings is 2. The van der Waals surface area contributed by atoms with Crippen LogP contribution in [0, 0.1) is 0 Å². The van der Waals surface area contributed by atoms with E-state index in [4.69, 9.17) is 23.2 Å². The van der Waals surface area contributed by atoms with Crippen LogP contribution < -0.4 is 9.62 Å². The minimum Gasteiger partial charge on any atom is -0.348 e. The first-order valence-electron chi connectivity index (χ1n) is 9.49. The molecule has 0 saturated heterocycles. The van der Waals surface area contributed by atoms with Crippen LogP contribution in [0.1, 0.15) is 42.5 Å². The van der Waals surface area contributed by atoms with Gasteiger partial charge in [-0.05, 0) is 67.5 Å². The number of aryl methyl sites for hydroxylation is 2. The molecule has 156 valence electrons. The molecule has 8 heteroatoms. The maximum Gasteiger partial charge on any atom is 0.241 e. The molecule has 0 aromatic heterocycles. The van der Waals surface area contributed by atoms with E-state index in [1.165, 1.54) is 42.2 Å². The summed E-state index contributed by atoms with van der Waals surface area (Å²) < 4.78 is 25.5. The van der Waals surface area contributed by atoms with Gasteiger partial charge in [-0.2, -0.15) is 0 Å². The predicted molar refractivity (Wildman–Crippen MR) is 118 cm³/mol. The molecule has 5 nitrogen and oxygen atoms in total. The van der Waals surface area contributed by atoms with E-state index in [0.717, 1.165) is 29.0 Å². The average Bonchev–Trinajstić information content (AvgIpc) is 2.65. The van der Waals surface area contributed by atoms with Crippen molar-refractivity contribution in [2.75, 3.05) is 17.1 Å². The molecular weight excluding hydrogens is 431 g/mol. The fraction of sp³-hybridized carbons (Fsp3) is 0.381. The Morgan fingerprint density at radius 1 is 1.10 bits per heavy atom. The third-order valence-corrected chi connectivity index (χ3v) is 6.78. The molecule has 2 aromatic carbocycles. The van der Waals surface area contributed by atoms with Crippen LogP contribution >= 0.6 is 23.2 Å². The fourth-order valence-corrected chi connectivity index (χ4v) is 5.02. The molecule has 0 heterocycles. The first-order chi connectivity index (χ1) is 13.6. The van der Waals surface area contributed by atoms with E-state index in [9.17, 15) is 13.2 Å². The average molecular weight is 455 g/mol. The van der Waals surface area contributed by atoms with Gasteiger partial charge in [-0.25, -0.2) is 8.42 Å². The van der Waals surface area contributed by atoms with Crippen molar-refractivity contribution in [1.29, 1.82) is 0 Å². The highest BCUT2D eigenvalue weighted by Gasteiger charge is 2.24. The van der Waals surface area contributed by atoms with Crippen LogP contribution in [0.15, 0.2) is 36.4 Å². The van der Waals surface area contributed by atoms with E-state index in [0.29, 0.717) is 5.02 Å². The molecule has 0 saturated carbocycles. The standard InChI is InChI=1S/C21H24Cl2N2O3S/c1-14(16-8-7-15-5-3-4-6-17(15)11-16)24-21(26)13-25(29(2,27)28)20-10-9-18(22)12-19(20)23/h7-12,14H,3-6,13H2,1-2H3,(H,24,26)/t14-/m0/s1. The van der Waals surface area contributed by atoms with Gasteiger partial charge in [0.25, 0.3) is 0 Å². The number of amides is 1. The van der Waals surface area contributed by atoms with E-state index in [2.05, 4.69) is 17.4 Å². The Morgan fingerprint density at radius 3 is 2.45 bits per heavy atom. The van der Waals surface area contributed by atoms with E-state index >= 15 is 0 Å². The van der Waals surface area contributed by atoms with Crippen LogP contribution in [0.25, 0.3) is 0 Å². The first kappa shape index (κ1) is 21.9. The molecule has 1 amide bonds. The lowest BCUT2D eigenvalue weighted by atomic mass is 9.89. The summed E-state index contributed by atoms with van der Waals surface area (Å²) in [5, 5.41) is 3.44. The van der Waals surface area contributed by atoms with Crippen LogP contribution in [-0.4, -0.2) is 27.1 Å². The van der Waals surface area contributed by atoms with Gasteiger partial charge in [0.2, 0.25) is 15.9 Å². The molecule has 0 unspecified atom stereocenters. The van der Waals surface area contributed by atoms with Crippen molar-refractivity contribution in [2.45, 2.75) is 38.6 Å². The summed E-state index contributed by atoms with van der Waals surface area (Å²) in [7, 11) is -3.72. The number of carbonyl (C=O) groups excluding carboxylic acids is 1. The molecular formula is C21H24Cl2N2O3S. The first-order valence-corrected chi connectivity index (χ1v) is 12.1. The van der Waals surface area contributed by atoms with E-state index < -0.39 is 15.9 Å². The van der Waals surface area contributed by atoms with Crippen molar-refractivity contribution in [3.8, 4) is 0 Å². The van der Waals surface area contributed by atoms with Crippen molar-refractivity contribution in [3.63, 3.8) is 0 Å². The molecule has 1 aliphatic rings. The number of hydrogen-bond acceptors (Lipinski definition) is 3. The molecule has 2 aromatic rings. The normalized spacial score (nSPS) is 14.8. The Hall–Kier alpha value is -1.76. The molecule has 0 aliphatic heterocycles. The van der Waals surface area contributed by atoms with Crippen molar-refractivity contribution < 1.29 is 13.2 Å². The number of rotatable bonds is 6. The van der Waals surface area contributed by atoms with E-state index in [1.54, 1.807) is 0 Å². The number of sulfonamides is 1. The lowest BCUT2D eigenvalue weighted by Crippen LogP contribution is -2.41. The maximum absolute atomic E-state index is 12.6. The van der Waals surface area contributed by atoms with Crippen LogP contribution in [0.2, 0.25) is 10.0 Å². The zero-order valence-corrected chi connectivity index (χ0v) is 18.7. The van der Waals surface area contributed by atoms with Crippen molar-refractivity contribution in [1.82, 2.24) is 5.32 Å². The lowest BCUT2D eigenvalue weighted by Gasteiger charge is -2.24. The number of halogens is 2. The topological polar surface area (TPSA) is 66.5 Å². The second-order valence-electron chi connectivity index (χ2n) is 7.39. The summed E-state index contributed by atoms with van der Waals surface area (Å²) in [5.41, 5.74) is 3.93. The minimum atomic E-state index is -3.72. The SMILES string of the molecule is C[C@H](NC(=O)CN(c1ccc(Cl)cc1Cl)S(C)(=O)=O)c1ccc2c(c1)CCCC2. The molecule has 0 spiro atoms. The van der Waals surface area contributed by atoms with Gasteiger partial charge < -0.3 is 5.32 Å². The summed E-state index contributed by atoms with van der Waals surface area (Å²) in [5.74, 6) is -0.410. The van der Waals surface area contributed by atoms with Gasteiger partial charge in [0.15, 0.2) is 0 Å². The Kier molecular flexibility index (Phi) is 6.76. The minimum absolute atomic E-state index is 0.165. The van der Waals surface area contributed by atoms with Crippen LogP contribution in [0.5, 0.6) is 0 Å². The Balaban J connectivity index is 1.75. The maximum atomic E-state index is 12.6. The number of carbonyl (C=O) groups is 1. The van der Waals surface area contributed by atoms with E-state index in [1.807, 2.05) is 13.0 Å². The number of fused-ring (bicyclic) bond motifs is 1. The quantitative estimate of drug-likeness (QED) is 0.697. The van der Waals surface area contributed by atoms with Gasteiger partial charge in [0.1, 0.15) is 6.54 Å². The Bertz CT molecular complexity index is 1020. The molecule has 1 aliphatic carbocycles. The molecule has 29 heavy (non-hydrogen) atoms. The Labute approximate surface area is 182 Å². The summed E-state index contributed by atoms with van der Waals surface area (Å²) >= 11 is 12.1. The molecule has 0 bridgehead atoms. The van der Waals surface area contributed by atoms with Gasteiger partial charge in [0.05, 0.1) is 23.0 Å². The zero-order valence-electron chi connectivity index (χ0n) is 16.4. The van der Waals surface area contributed by atoms with Crippen LogP contribution in [-0.2, 0) is 27.7 Å². The van der Waals surface area contributed by atoms with Gasteiger partial charge >= 0.3 is 0 Å². The lowest BCUT2D eigenvalue weighted by molar-refractivity contribution is -0.120. The summed E-state index contributed by atoms with van der Waals surface area (Å²) in [4.78, 5) is 12.6. The number of nitrogens with one attached hydrogen (secondary N) is 1. The summed E-state index contributed by atoms with van der Waals surface area (Å²) in [6.07, 6.45) is 5.59. The highest BCUT2D eigenvalue weighted by atomic mass is 35.5. The zero-order chi connectivity index (χ0) is 21.2. The number of nitrogens with zero attached hydrogens (tertiary/aromatic N) is 1. The highest BCUT2D eigenvalue weighted by Crippen LogP contribution is 2.30. The van der Waals surface area contributed by atoms with Crippen molar-refractivity contribution in [2.24, 2.45) is 0 Å².